The molecule has 0 radical (unpaired) electrons. The lowest BCUT2D eigenvalue weighted by Crippen LogP contribution is -2.17. The summed E-state index contributed by atoms with van der Waals surface area (Å²) in [5, 5.41) is 17.9. The number of rotatable bonds is 4. The van der Waals surface area contributed by atoms with Crippen LogP contribution in [0.4, 0.5) is 0 Å². The van der Waals surface area contributed by atoms with Crippen LogP contribution in [0, 0.1) is 0 Å². The van der Waals surface area contributed by atoms with Crippen molar-refractivity contribution in [1.82, 2.24) is 0 Å². The average Bonchev–Trinajstić information content (AvgIpc) is 2.16. The molecule has 6 heteroatoms. The summed E-state index contributed by atoms with van der Waals surface area (Å²) in [6.45, 7) is 0. The van der Waals surface area contributed by atoms with Gasteiger partial charge in [0, 0.05) is 6.04 Å². The summed E-state index contributed by atoms with van der Waals surface area (Å²) in [6, 6.07) is 3.27. The number of hydrogen-bond donors (Lipinski definition) is 4. The number of benzene rings is 1. The van der Waals surface area contributed by atoms with Crippen molar-refractivity contribution in [2.45, 2.75) is 12.5 Å². The van der Waals surface area contributed by atoms with E-state index in [2.05, 4.69) is 0 Å². The first kappa shape index (κ1) is 12.0. The van der Waals surface area contributed by atoms with Crippen LogP contribution in [0.25, 0.3) is 0 Å². The summed E-state index contributed by atoms with van der Waals surface area (Å²) >= 11 is 0. The number of carboxylic acid groups (broad SMARTS) is 1. The third-order valence-electron chi connectivity index (χ3n) is 2.11. The van der Waals surface area contributed by atoms with Gasteiger partial charge in [0.1, 0.15) is 5.75 Å². The summed E-state index contributed by atoms with van der Waals surface area (Å²) < 4.78 is 0. The highest BCUT2D eigenvalue weighted by atomic mass is 16.4. The van der Waals surface area contributed by atoms with E-state index in [0.717, 1.165) is 0 Å². The molecule has 0 heterocycles. The fourth-order valence-corrected chi connectivity index (χ4v) is 1.29. The van der Waals surface area contributed by atoms with Gasteiger partial charge in [0.25, 0.3) is 5.91 Å². The minimum absolute atomic E-state index is 0.0710. The maximum atomic E-state index is 10.9. The highest BCUT2D eigenvalue weighted by Gasteiger charge is 2.14. The van der Waals surface area contributed by atoms with E-state index in [4.69, 9.17) is 16.6 Å². The minimum atomic E-state index is -1.04. The predicted molar refractivity (Wildman–Crippen MR) is 55.8 cm³/mol. The van der Waals surface area contributed by atoms with E-state index < -0.39 is 17.9 Å². The second-order valence-electron chi connectivity index (χ2n) is 3.35. The number of nitrogens with two attached hydrogens (primary N) is 2. The Hall–Kier alpha value is -2.08. The number of carboxylic acids is 1. The second-order valence-corrected chi connectivity index (χ2v) is 3.35. The lowest BCUT2D eigenvalue weighted by molar-refractivity contribution is -0.137. The quantitative estimate of drug-likeness (QED) is 0.571. The molecule has 0 aliphatic carbocycles. The molecule has 1 rings (SSSR count). The summed E-state index contributed by atoms with van der Waals surface area (Å²) in [4.78, 5) is 21.4. The average molecular weight is 224 g/mol. The Morgan fingerprint density at radius 2 is 2.00 bits per heavy atom. The number of aliphatic carboxylic acids is 1. The number of carbonyl (C=O) groups excluding carboxylic acids is 1. The van der Waals surface area contributed by atoms with Gasteiger partial charge in [0.2, 0.25) is 0 Å². The molecule has 0 spiro atoms. The Kier molecular flexibility index (Phi) is 3.47. The molecule has 6 nitrogen and oxygen atoms in total. The first-order valence-electron chi connectivity index (χ1n) is 4.52. The van der Waals surface area contributed by atoms with Crippen molar-refractivity contribution in [2.75, 3.05) is 0 Å². The summed E-state index contributed by atoms with van der Waals surface area (Å²) in [5.74, 6) is -2.08. The van der Waals surface area contributed by atoms with Crippen LogP contribution in [0.5, 0.6) is 5.75 Å². The molecule has 1 amide bonds. The summed E-state index contributed by atoms with van der Waals surface area (Å²) in [6.07, 6.45) is -0.261. The molecule has 0 saturated heterocycles. The van der Waals surface area contributed by atoms with Gasteiger partial charge in [-0.05, 0) is 17.7 Å². The van der Waals surface area contributed by atoms with Gasteiger partial charge in [-0.2, -0.15) is 0 Å². The maximum absolute atomic E-state index is 10.9. The van der Waals surface area contributed by atoms with E-state index in [1.807, 2.05) is 0 Å². The summed E-state index contributed by atoms with van der Waals surface area (Å²) in [5.41, 5.74) is 11.0. The van der Waals surface area contributed by atoms with Crippen LogP contribution in [-0.2, 0) is 4.79 Å². The van der Waals surface area contributed by atoms with Crippen LogP contribution >= 0.6 is 0 Å². The molecule has 0 bridgehead atoms. The minimum Gasteiger partial charge on any atom is -0.507 e. The van der Waals surface area contributed by atoms with Gasteiger partial charge in [-0.3, -0.25) is 9.59 Å². The van der Waals surface area contributed by atoms with Crippen LogP contribution < -0.4 is 11.5 Å². The Balaban J connectivity index is 3.02. The van der Waals surface area contributed by atoms with E-state index >= 15 is 0 Å². The largest absolute Gasteiger partial charge is 0.507 e. The fraction of sp³-hybridized carbons (Fsp3) is 0.200. The molecular formula is C10H12N2O4. The molecule has 6 N–H and O–H groups in total. The zero-order valence-electron chi connectivity index (χ0n) is 8.38. The van der Waals surface area contributed by atoms with Gasteiger partial charge in [0.15, 0.2) is 0 Å². The number of carbonyl (C=O) groups is 2. The molecule has 0 fully saturated rings. The van der Waals surface area contributed by atoms with E-state index in [1.54, 1.807) is 0 Å². The molecule has 0 saturated carbocycles. The van der Waals surface area contributed by atoms with Gasteiger partial charge in [-0.25, -0.2) is 0 Å². The van der Waals surface area contributed by atoms with Gasteiger partial charge < -0.3 is 21.7 Å². The van der Waals surface area contributed by atoms with Crippen molar-refractivity contribution in [3.8, 4) is 5.75 Å². The Labute approximate surface area is 91.5 Å². The zero-order chi connectivity index (χ0) is 12.3. The van der Waals surface area contributed by atoms with Gasteiger partial charge in [-0.15, -0.1) is 0 Å². The van der Waals surface area contributed by atoms with Crippen LogP contribution in [0.2, 0.25) is 0 Å². The standard InChI is InChI=1S/C10H12N2O4/c11-7(4-9(14)15)5-1-2-8(13)6(3-5)10(12)16/h1-3,7,13H,4,11H2,(H2,12,16)(H,14,15). The number of aromatic hydroxyl groups is 1. The van der Waals surface area contributed by atoms with Crippen molar-refractivity contribution in [1.29, 1.82) is 0 Å². The number of primary amides is 1. The zero-order valence-corrected chi connectivity index (χ0v) is 8.38. The number of amides is 1. The molecular weight excluding hydrogens is 212 g/mol. The third kappa shape index (κ3) is 2.71. The molecule has 0 aliphatic heterocycles. The van der Waals surface area contributed by atoms with Crippen molar-refractivity contribution in [2.24, 2.45) is 11.5 Å². The van der Waals surface area contributed by atoms with E-state index in [0.29, 0.717) is 5.56 Å². The Bertz CT molecular complexity index is 431. The fourth-order valence-electron chi connectivity index (χ4n) is 1.29. The number of hydrogen-bond acceptors (Lipinski definition) is 4. The molecule has 1 aromatic carbocycles. The Morgan fingerprint density at radius 3 is 2.50 bits per heavy atom. The molecule has 16 heavy (non-hydrogen) atoms. The molecule has 1 aromatic rings. The molecule has 0 aromatic heterocycles. The topological polar surface area (TPSA) is 127 Å². The van der Waals surface area contributed by atoms with Crippen molar-refractivity contribution in [3.63, 3.8) is 0 Å². The third-order valence-corrected chi connectivity index (χ3v) is 2.11. The predicted octanol–water partition coefficient (Wildman–Crippen LogP) is -0.0344. The highest BCUT2D eigenvalue weighted by molar-refractivity contribution is 5.95. The number of phenols is 1. The van der Waals surface area contributed by atoms with Crippen molar-refractivity contribution in [3.05, 3.63) is 29.3 Å². The Morgan fingerprint density at radius 1 is 1.38 bits per heavy atom. The molecule has 1 unspecified atom stereocenters. The van der Waals surface area contributed by atoms with Crippen LogP contribution in [0.1, 0.15) is 28.4 Å². The lowest BCUT2D eigenvalue weighted by Gasteiger charge is -2.10. The van der Waals surface area contributed by atoms with Crippen LogP contribution in [0.3, 0.4) is 0 Å². The second kappa shape index (κ2) is 4.63. The maximum Gasteiger partial charge on any atom is 0.305 e. The molecule has 86 valence electrons. The highest BCUT2D eigenvalue weighted by Crippen LogP contribution is 2.22. The molecule has 1 atom stereocenters. The van der Waals surface area contributed by atoms with E-state index in [9.17, 15) is 14.7 Å². The van der Waals surface area contributed by atoms with Gasteiger partial charge in [0.05, 0.1) is 12.0 Å². The SMILES string of the molecule is NC(=O)c1cc(C(N)CC(=O)O)ccc1O. The van der Waals surface area contributed by atoms with Crippen molar-refractivity contribution >= 4 is 11.9 Å². The van der Waals surface area contributed by atoms with Gasteiger partial charge in [-0.1, -0.05) is 6.07 Å². The lowest BCUT2D eigenvalue weighted by atomic mass is 10.0. The van der Waals surface area contributed by atoms with E-state index in [-0.39, 0.29) is 17.7 Å². The first-order chi connectivity index (χ1) is 7.41. The smallest absolute Gasteiger partial charge is 0.305 e. The van der Waals surface area contributed by atoms with Crippen LogP contribution in [0.15, 0.2) is 18.2 Å². The van der Waals surface area contributed by atoms with Crippen molar-refractivity contribution < 1.29 is 19.8 Å². The molecule has 0 aliphatic rings. The normalized spacial score (nSPS) is 12.1. The summed E-state index contributed by atoms with van der Waals surface area (Å²) in [7, 11) is 0. The monoisotopic (exact) mass is 224 g/mol. The van der Waals surface area contributed by atoms with Crippen LogP contribution in [-0.4, -0.2) is 22.1 Å². The van der Waals surface area contributed by atoms with Gasteiger partial charge >= 0.3 is 5.97 Å². The van der Waals surface area contributed by atoms with E-state index in [1.165, 1.54) is 18.2 Å². The first-order valence-corrected chi connectivity index (χ1v) is 4.52.